The van der Waals surface area contributed by atoms with Gasteiger partial charge < -0.3 is 5.73 Å². The zero-order valence-electron chi connectivity index (χ0n) is 11.3. The summed E-state index contributed by atoms with van der Waals surface area (Å²) < 4.78 is 13.3. The number of nitrogens with two attached hydrogens (primary N) is 1. The van der Waals surface area contributed by atoms with E-state index in [4.69, 9.17) is 5.73 Å². The van der Waals surface area contributed by atoms with Crippen LogP contribution >= 0.6 is 0 Å². The maximum absolute atomic E-state index is 11.5. The molecule has 0 aliphatic carbocycles. The van der Waals surface area contributed by atoms with Crippen molar-refractivity contribution in [2.75, 3.05) is 17.2 Å². The minimum Gasteiger partial charge on any atom is -0.398 e. The van der Waals surface area contributed by atoms with E-state index in [1.165, 1.54) is 0 Å². The highest BCUT2D eigenvalue weighted by Gasteiger charge is 2.24. The second-order valence-corrected chi connectivity index (χ2v) is 6.76. The minimum atomic E-state index is -0.688. The Morgan fingerprint density at radius 2 is 2.10 bits per heavy atom. The zero-order chi connectivity index (χ0) is 14.1. The second kappa shape index (κ2) is 5.32. The van der Waals surface area contributed by atoms with Crippen LogP contribution < -0.4 is 5.73 Å². The Labute approximate surface area is 119 Å². The van der Waals surface area contributed by atoms with Gasteiger partial charge in [0.15, 0.2) is 5.82 Å². The first-order chi connectivity index (χ1) is 9.66. The van der Waals surface area contributed by atoms with E-state index in [9.17, 15) is 4.21 Å². The number of rotatable bonds is 2. The molecule has 20 heavy (non-hydrogen) atoms. The van der Waals surface area contributed by atoms with Gasteiger partial charge in [0.1, 0.15) is 0 Å². The Balaban J connectivity index is 1.98. The number of aromatic nitrogens is 4. The fourth-order valence-corrected chi connectivity index (χ4v) is 3.79. The van der Waals surface area contributed by atoms with Crippen molar-refractivity contribution in [1.82, 2.24) is 20.2 Å². The van der Waals surface area contributed by atoms with Gasteiger partial charge in [-0.2, -0.15) is 0 Å². The standard InChI is InChI=1S/C13H17N5OS/c1-9-3-2-4-11(12(9)14)13-15-16-17-18(13)10-5-7-20(19)8-6-10/h2-4,10H,5-8,14H2,1H3. The smallest absolute Gasteiger partial charge is 0.184 e. The second-order valence-electron chi connectivity index (χ2n) is 5.06. The number of para-hydroxylation sites is 1. The lowest BCUT2D eigenvalue weighted by molar-refractivity contribution is 0.415. The molecule has 0 unspecified atom stereocenters. The number of aryl methyl sites for hydroxylation is 1. The summed E-state index contributed by atoms with van der Waals surface area (Å²) in [5.74, 6) is 2.13. The molecule has 0 radical (unpaired) electrons. The van der Waals surface area contributed by atoms with Crippen LogP contribution in [0, 0.1) is 6.92 Å². The van der Waals surface area contributed by atoms with Gasteiger partial charge in [-0.25, -0.2) is 4.68 Å². The van der Waals surface area contributed by atoms with Crippen LogP contribution in [0.1, 0.15) is 24.4 Å². The Kier molecular flexibility index (Phi) is 3.52. The molecule has 0 spiro atoms. The summed E-state index contributed by atoms with van der Waals surface area (Å²) in [6, 6.07) is 6.07. The van der Waals surface area contributed by atoms with Crippen molar-refractivity contribution in [3.63, 3.8) is 0 Å². The molecule has 0 atom stereocenters. The monoisotopic (exact) mass is 291 g/mol. The first-order valence-electron chi connectivity index (χ1n) is 6.65. The lowest BCUT2D eigenvalue weighted by Crippen LogP contribution is -2.23. The predicted octanol–water partition coefficient (Wildman–Crippen LogP) is 1.31. The van der Waals surface area contributed by atoms with Crippen molar-refractivity contribution in [3.8, 4) is 11.4 Å². The maximum atomic E-state index is 11.5. The highest BCUT2D eigenvalue weighted by Crippen LogP contribution is 2.30. The first kappa shape index (κ1) is 13.2. The summed E-state index contributed by atoms with van der Waals surface area (Å²) in [5, 5.41) is 12.0. The van der Waals surface area contributed by atoms with E-state index in [1.54, 1.807) is 0 Å². The van der Waals surface area contributed by atoms with E-state index in [2.05, 4.69) is 15.5 Å². The van der Waals surface area contributed by atoms with E-state index < -0.39 is 10.8 Å². The van der Waals surface area contributed by atoms with E-state index in [-0.39, 0.29) is 6.04 Å². The molecule has 2 heterocycles. The third-order valence-corrected chi connectivity index (χ3v) is 5.14. The molecule has 1 aromatic heterocycles. The van der Waals surface area contributed by atoms with Crippen LogP contribution in [0.4, 0.5) is 5.69 Å². The van der Waals surface area contributed by atoms with Crippen molar-refractivity contribution in [3.05, 3.63) is 23.8 Å². The third kappa shape index (κ3) is 2.33. The fourth-order valence-electron chi connectivity index (χ4n) is 2.52. The van der Waals surface area contributed by atoms with Gasteiger partial charge in [-0.05, 0) is 41.8 Å². The predicted molar refractivity (Wildman–Crippen MR) is 78.5 cm³/mol. The van der Waals surface area contributed by atoms with Crippen molar-refractivity contribution in [2.45, 2.75) is 25.8 Å². The molecule has 106 valence electrons. The molecule has 1 fully saturated rings. The number of hydrogen-bond acceptors (Lipinski definition) is 5. The molecule has 1 aliphatic heterocycles. The van der Waals surface area contributed by atoms with Gasteiger partial charge in [-0.1, -0.05) is 12.1 Å². The molecular weight excluding hydrogens is 274 g/mol. The molecule has 1 aromatic carbocycles. The van der Waals surface area contributed by atoms with E-state index in [0.717, 1.165) is 24.0 Å². The number of nitrogen functional groups attached to an aromatic ring is 1. The van der Waals surface area contributed by atoms with Crippen LogP contribution in [0.25, 0.3) is 11.4 Å². The average Bonchev–Trinajstić information content (AvgIpc) is 2.92. The lowest BCUT2D eigenvalue weighted by Gasteiger charge is -2.22. The highest BCUT2D eigenvalue weighted by atomic mass is 32.2. The van der Waals surface area contributed by atoms with Gasteiger partial charge in [0.05, 0.1) is 6.04 Å². The van der Waals surface area contributed by atoms with Gasteiger partial charge in [0.2, 0.25) is 0 Å². The number of nitrogens with zero attached hydrogens (tertiary/aromatic N) is 4. The van der Waals surface area contributed by atoms with Crippen molar-refractivity contribution in [1.29, 1.82) is 0 Å². The van der Waals surface area contributed by atoms with Gasteiger partial charge in [-0.15, -0.1) is 5.10 Å². The van der Waals surface area contributed by atoms with Gasteiger partial charge in [-0.3, -0.25) is 4.21 Å². The summed E-state index contributed by atoms with van der Waals surface area (Å²) in [6.45, 7) is 1.97. The third-order valence-electron chi connectivity index (χ3n) is 3.76. The molecule has 1 aliphatic rings. The van der Waals surface area contributed by atoms with E-state index in [0.29, 0.717) is 23.0 Å². The van der Waals surface area contributed by atoms with E-state index >= 15 is 0 Å². The normalized spacial score (nSPS) is 22.9. The largest absolute Gasteiger partial charge is 0.398 e. The molecule has 2 N–H and O–H groups in total. The molecule has 1 saturated heterocycles. The molecule has 0 saturated carbocycles. The van der Waals surface area contributed by atoms with Crippen molar-refractivity contribution in [2.24, 2.45) is 0 Å². The SMILES string of the molecule is Cc1cccc(-c2nnnn2C2CCS(=O)CC2)c1N. The summed E-state index contributed by atoms with van der Waals surface area (Å²) in [6.07, 6.45) is 1.69. The van der Waals surface area contributed by atoms with Crippen LogP contribution in [0.5, 0.6) is 0 Å². The first-order valence-corrected chi connectivity index (χ1v) is 8.14. The molecule has 6 nitrogen and oxygen atoms in total. The van der Waals surface area contributed by atoms with Crippen LogP contribution in [-0.2, 0) is 10.8 Å². The fraction of sp³-hybridized carbons (Fsp3) is 0.462. The zero-order valence-corrected chi connectivity index (χ0v) is 12.1. The van der Waals surface area contributed by atoms with Crippen LogP contribution in [0.2, 0.25) is 0 Å². The van der Waals surface area contributed by atoms with Gasteiger partial charge in [0.25, 0.3) is 0 Å². The summed E-state index contributed by atoms with van der Waals surface area (Å²) in [4.78, 5) is 0. The number of benzene rings is 1. The summed E-state index contributed by atoms with van der Waals surface area (Å²) in [5.41, 5.74) is 8.73. The van der Waals surface area contributed by atoms with Gasteiger partial charge >= 0.3 is 0 Å². The summed E-state index contributed by atoms with van der Waals surface area (Å²) in [7, 11) is -0.688. The Morgan fingerprint density at radius 3 is 2.85 bits per heavy atom. The Hall–Kier alpha value is -1.76. The molecular formula is C13H17N5OS. The topological polar surface area (TPSA) is 86.7 Å². The highest BCUT2D eigenvalue weighted by molar-refractivity contribution is 7.85. The Morgan fingerprint density at radius 1 is 1.35 bits per heavy atom. The quantitative estimate of drug-likeness (QED) is 0.843. The number of tetrazole rings is 1. The molecule has 2 aromatic rings. The molecule has 0 bridgehead atoms. The van der Waals surface area contributed by atoms with Crippen LogP contribution in [-0.4, -0.2) is 35.9 Å². The number of anilines is 1. The van der Waals surface area contributed by atoms with E-state index in [1.807, 2.05) is 29.8 Å². The van der Waals surface area contributed by atoms with Crippen molar-refractivity contribution < 1.29 is 4.21 Å². The van der Waals surface area contributed by atoms with Crippen molar-refractivity contribution >= 4 is 16.5 Å². The average molecular weight is 291 g/mol. The Bertz CT molecular complexity index is 644. The molecule has 7 heteroatoms. The lowest BCUT2D eigenvalue weighted by atomic mass is 10.1. The minimum absolute atomic E-state index is 0.206. The maximum Gasteiger partial charge on any atom is 0.184 e. The number of hydrogen-bond donors (Lipinski definition) is 1. The van der Waals surface area contributed by atoms with Gasteiger partial charge in [0, 0.05) is 33.6 Å². The molecule has 0 amide bonds. The molecule has 3 rings (SSSR count). The van der Waals surface area contributed by atoms with Crippen LogP contribution in [0.15, 0.2) is 18.2 Å². The summed E-state index contributed by atoms with van der Waals surface area (Å²) >= 11 is 0. The van der Waals surface area contributed by atoms with Crippen LogP contribution in [0.3, 0.4) is 0 Å².